The molecule has 0 bridgehead atoms. The van der Waals surface area contributed by atoms with Crippen molar-refractivity contribution in [3.8, 4) is 0 Å². The fourth-order valence-electron chi connectivity index (χ4n) is 1.81. The summed E-state index contributed by atoms with van der Waals surface area (Å²) in [6.07, 6.45) is 0.518. The molecule has 0 heterocycles. The van der Waals surface area contributed by atoms with Crippen molar-refractivity contribution in [1.29, 1.82) is 0 Å². The van der Waals surface area contributed by atoms with E-state index < -0.39 is 0 Å². The zero-order chi connectivity index (χ0) is 15.3. The van der Waals surface area contributed by atoms with Crippen molar-refractivity contribution < 1.29 is 14.3 Å². The Morgan fingerprint density at radius 2 is 1.70 bits per heavy atom. The number of hydrogen-bond acceptors (Lipinski definition) is 3. The first kappa shape index (κ1) is 16.2. The molecular formula is C16H23NO3. The smallest absolute Gasteiger partial charge is 0.337 e. The predicted molar refractivity (Wildman–Crippen MR) is 78.3 cm³/mol. The van der Waals surface area contributed by atoms with Gasteiger partial charge in [-0.2, -0.15) is 0 Å². The lowest BCUT2D eigenvalue weighted by Gasteiger charge is -2.23. The second-order valence-electron chi connectivity index (χ2n) is 6.18. The number of hydrogen-bond donors (Lipinski definition) is 0. The molecule has 4 heteroatoms. The number of amides is 1. The summed E-state index contributed by atoms with van der Waals surface area (Å²) in [5, 5.41) is 0. The Balaban J connectivity index is 2.64. The quantitative estimate of drug-likeness (QED) is 0.795. The molecule has 0 aliphatic carbocycles. The first-order valence-corrected chi connectivity index (χ1v) is 6.64. The highest BCUT2D eigenvalue weighted by Gasteiger charge is 2.19. The second kappa shape index (κ2) is 6.55. The molecule has 4 nitrogen and oxygen atoms in total. The van der Waals surface area contributed by atoms with Crippen molar-refractivity contribution in [2.24, 2.45) is 5.41 Å². The molecule has 0 aliphatic heterocycles. The van der Waals surface area contributed by atoms with Crippen molar-refractivity contribution in [2.75, 3.05) is 14.2 Å². The van der Waals surface area contributed by atoms with Crippen molar-refractivity contribution in [1.82, 2.24) is 4.90 Å². The van der Waals surface area contributed by atoms with Crippen LogP contribution in [0, 0.1) is 5.41 Å². The molecule has 0 aliphatic rings. The van der Waals surface area contributed by atoms with Gasteiger partial charge >= 0.3 is 5.97 Å². The Labute approximate surface area is 120 Å². The monoisotopic (exact) mass is 277 g/mol. The molecule has 0 N–H and O–H groups in total. The lowest BCUT2D eigenvalue weighted by atomic mass is 9.91. The Hall–Kier alpha value is -1.84. The van der Waals surface area contributed by atoms with Gasteiger partial charge in [0.15, 0.2) is 0 Å². The van der Waals surface area contributed by atoms with E-state index in [-0.39, 0.29) is 17.3 Å². The third-order valence-electron chi connectivity index (χ3n) is 2.90. The van der Waals surface area contributed by atoms with Crippen LogP contribution in [0.15, 0.2) is 24.3 Å². The van der Waals surface area contributed by atoms with Crippen molar-refractivity contribution >= 4 is 11.9 Å². The van der Waals surface area contributed by atoms with E-state index in [0.717, 1.165) is 5.56 Å². The minimum atomic E-state index is -0.353. The van der Waals surface area contributed by atoms with Crippen LogP contribution in [0.3, 0.4) is 0 Å². The highest BCUT2D eigenvalue weighted by Crippen LogP contribution is 2.20. The summed E-state index contributed by atoms with van der Waals surface area (Å²) in [5.41, 5.74) is 1.49. The van der Waals surface area contributed by atoms with Crippen LogP contribution in [0.25, 0.3) is 0 Å². The van der Waals surface area contributed by atoms with E-state index in [4.69, 9.17) is 0 Å². The maximum Gasteiger partial charge on any atom is 0.337 e. The average Bonchev–Trinajstić information content (AvgIpc) is 2.36. The Morgan fingerprint density at radius 1 is 1.15 bits per heavy atom. The van der Waals surface area contributed by atoms with Gasteiger partial charge in [0.2, 0.25) is 5.91 Å². The van der Waals surface area contributed by atoms with Gasteiger partial charge in [-0.05, 0) is 23.1 Å². The highest BCUT2D eigenvalue weighted by molar-refractivity contribution is 5.89. The fraction of sp³-hybridized carbons (Fsp3) is 0.500. The molecule has 0 fully saturated rings. The zero-order valence-electron chi connectivity index (χ0n) is 12.9. The van der Waals surface area contributed by atoms with Gasteiger partial charge < -0.3 is 9.64 Å². The zero-order valence-corrected chi connectivity index (χ0v) is 12.9. The van der Waals surface area contributed by atoms with E-state index in [1.54, 1.807) is 24.1 Å². The van der Waals surface area contributed by atoms with Crippen molar-refractivity contribution in [3.63, 3.8) is 0 Å². The third kappa shape index (κ3) is 5.03. The van der Waals surface area contributed by atoms with Crippen LogP contribution in [0.2, 0.25) is 0 Å². The van der Waals surface area contributed by atoms with Crippen LogP contribution in [0.4, 0.5) is 0 Å². The lowest BCUT2D eigenvalue weighted by Crippen LogP contribution is -2.29. The third-order valence-corrected chi connectivity index (χ3v) is 2.90. The standard InChI is InChI=1S/C16H23NO3/c1-16(2,3)10-14(18)17(4)11-12-6-8-13(9-7-12)15(19)20-5/h6-9H,10-11H2,1-5H3. The van der Waals surface area contributed by atoms with Gasteiger partial charge in [-0.1, -0.05) is 32.9 Å². The molecule has 1 aromatic carbocycles. The summed E-state index contributed by atoms with van der Waals surface area (Å²) in [6.45, 7) is 6.67. The number of carbonyl (C=O) groups excluding carboxylic acids is 2. The number of esters is 1. The van der Waals surface area contributed by atoms with Crippen LogP contribution >= 0.6 is 0 Å². The van der Waals surface area contributed by atoms with Crippen LogP contribution in [0.1, 0.15) is 43.1 Å². The Morgan fingerprint density at radius 3 is 2.15 bits per heavy atom. The van der Waals surface area contributed by atoms with Gasteiger partial charge in [-0.3, -0.25) is 4.79 Å². The van der Waals surface area contributed by atoms with Gasteiger partial charge in [-0.25, -0.2) is 4.79 Å². The highest BCUT2D eigenvalue weighted by atomic mass is 16.5. The Bertz CT molecular complexity index is 471. The van der Waals surface area contributed by atoms with Gasteiger partial charge in [0.05, 0.1) is 12.7 Å². The molecule has 20 heavy (non-hydrogen) atoms. The molecular weight excluding hydrogens is 254 g/mol. The number of carbonyl (C=O) groups is 2. The van der Waals surface area contributed by atoms with Gasteiger partial charge in [-0.15, -0.1) is 0 Å². The number of rotatable bonds is 4. The maximum atomic E-state index is 12.0. The summed E-state index contributed by atoms with van der Waals surface area (Å²) < 4.78 is 4.65. The van der Waals surface area contributed by atoms with E-state index in [1.165, 1.54) is 7.11 Å². The summed E-state index contributed by atoms with van der Waals surface area (Å²) in [6, 6.07) is 7.10. The molecule has 0 spiro atoms. The van der Waals surface area contributed by atoms with E-state index in [0.29, 0.717) is 18.5 Å². The number of benzene rings is 1. The first-order valence-electron chi connectivity index (χ1n) is 6.64. The summed E-state index contributed by atoms with van der Waals surface area (Å²) in [7, 11) is 3.15. The summed E-state index contributed by atoms with van der Waals surface area (Å²) in [4.78, 5) is 25.1. The van der Waals surface area contributed by atoms with E-state index in [2.05, 4.69) is 4.74 Å². The normalized spacial score (nSPS) is 11.1. The SMILES string of the molecule is COC(=O)c1ccc(CN(C)C(=O)CC(C)(C)C)cc1. The molecule has 0 saturated carbocycles. The second-order valence-corrected chi connectivity index (χ2v) is 6.18. The number of ether oxygens (including phenoxy) is 1. The van der Waals surface area contributed by atoms with Crippen LogP contribution in [-0.2, 0) is 16.1 Å². The molecule has 110 valence electrons. The molecule has 0 unspecified atom stereocenters. The molecule has 1 rings (SSSR count). The summed E-state index contributed by atoms with van der Waals surface area (Å²) in [5.74, 6) is -0.233. The average molecular weight is 277 g/mol. The lowest BCUT2D eigenvalue weighted by molar-refractivity contribution is -0.132. The fourth-order valence-corrected chi connectivity index (χ4v) is 1.81. The van der Waals surface area contributed by atoms with Crippen LogP contribution in [0.5, 0.6) is 0 Å². The topological polar surface area (TPSA) is 46.6 Å². The number of nitrogens with zero attached hydrogens (tertiary/aromatic N) is 1. The first-order chi connectivity index (χ1) is 9.23. The molecule has 0 atom stereocenters. The molecule has 1 aromatic rings. The van der Waals surface area contributed by atoms with Gasteiger partial charge in [0.25, 0.3) is 0 Å². The predicted octanol–water partition coefficient (Wildman–Crippen LogP) is 2.87. The summed E-state index contributed by atoms with van der Waals surface area (Å²) >= 11 is 0. The van der Waals surface area contributed by atoms with Crippen LogP contribution < -0.4 is 0 Å². The minimum absolute atomic E-state index is 0.0138. The van der Waals surface area contributed by atoms with Gasteiger partial charge in [0, 0.05) is 20.0 Å². The van der Waals surface area contributed by atoms with Crippen molar-refractivity contribution in [2.45, 2.75) is 33.7 Å². The van der Waals surface area contributed by atoms with E-state index >= 15 is 0 Å². The minimum Gasteiger partial charge on any atom is -0.465 e. The largest absolute Gasteiger partial charge is 0.465 e. The number of methoxy groups -OCH3 is 1. The Kier molecular flexibility index (Phi) is 5.31. The van der Waals surface area contributed by atoms with Crippen molar-refractivity contribution in [3.05, 3.63) is 35.4 Å². The van der Waals surface area contributed by atoms with Crippen LogP contribution in [-0.4, -0.2) is 30.9 Å². The van der Waals surface area contributed by atoms with E-state index in [9.17, 15) is 9.59 Å². The molecule has 1 amide bonds. The molecule has 0 saturated heterocycles. The van der Waals surface area contributed by atoms with Gasteiger partial charge in [0.1, 0.15) is 0 Å². The molecule has 0 radical (unpaired) electrons. The maximum absolute atomic E-state index is 12.0. The van der Waals surface area contributed by atoms with E-state index in [1.807, 2.05) is 32.9 Å². The molecule has 0 aromatic heterocycles.